The van der Waals surface area contributed by atoms with Crippen LogP contribution < -0.4 is 10.2 Å². The zero-order chi connectivity index (χ0) is 17.3. The van der Waals surface area contributed by atoms with Gasteiger partial charge in [-0.2, -0.15) is 0 Å². The fraction of sp³-hybridized carbons (Fsp3) is 0.263. The SMILES string of the molecule is Cc1ccc(NC(=O)C2CCC(=O)N2c2ccc(Cl)cc2)c(C)c1. The number of carbonyl (C=O) groups excluding carboxylic acids is 2. The predicted octanol–water partition coefficient (Wildman–Crippen LogP) is 4.09. The molecule has 1 N–H and O–H groups in total. The molecule has 0 saturated carbocycles. The summed E-state index contributed by atoms with van der Waals surface area (Å²) < 4.78 is 0. The van der Waals surface area contributed by atoms with Crippen molar-refractivity contribution in [3.8, 4) is 0 Å². The van der Waals surface area contributed by atoms with E-state index in [1.807, 2.05) is 32.0 Å². The first-order chi connectivity index (χ1) is 11.5. The average molecular weight is 343 g/mol. The molecule has 1 aliphatic rings. The number of anilines is 2. The minimum Gasteiger partial charge on any atom is -0.324 e. The van der Waals surface area contributed by atoms with Crippen LogP contribution >= 0.6 is 11.6 Å². The Morgan fingerprint density at radius 2 is 1.88 bits per heavy atom. The number of halogens is 1. The van der Waals surface area contributed by atoms with Crippen molar-refractivity contribution in [2.75, 3.05) is 10.2 Å². The molecule has 1 heterocycles. The summed E-state index contributed by atoms with van der Waals surface area (Å²) >= 11 is 5.91. The molecule has 1 fully saturated rings. The van der Waals surface area contributed by atoms with Crippen LogP contribution in [0.3, 0.4) is 0 Å². The molecular weight excluding hydrogens is 324 g/mol. The van der Waals surface area contributed by atoms with Crippen LogP contribution in [0.25, 0.3) is 0 Å². The highest BCUT2D eigenvalue weighted by atomic mass is 35.5. The molecule has 1 aliphatic heterocycles. The van der Waals surface area contributed by atoms with Crippen LogP contribution in [0.2, 0.25) is 5.02 Å². The van der Waals surface area contributed by atoms with Crippen molar-refractivity contribution in [1.29, 1.82) is 0 Å². The minimum atomic E-state index is -0.501. The number of carbonyl (C=O) groups is 2. The second kappa shape index (κ2) is 6.65. The van der Waals surface area contributed by atoms with Crippen molar-refractivity contribution >= 4 is 34.8 Å². The van der Waals surface area contributed by atoms with E-state index in [-0.39, 0.29) is 11.8 Å². The average Bonchev–Trinajstić information content (AvgIpc) is 2.93. The van der Waals surface area contributed by atoms with Gasteiger partial charge in [0.25, 0.3) is 0 Å². The molecule has 0 spiro atoms. The maximum Gasteiger partial charge on any atom is 0.247 e. The van der Waals surface area contributed by atoms with Gasteiger partial charge in [-0.05, 0) is 56.2 Å². The van der Waals surface area contributed by atoms with E-state index >= 15 is 0 Å². The molecule has 1 unspecified atom stereocenters. The molecule has 3 rings (SSSR count). The van der Waals surface area contributed by atoms with Gasteiger partial charge in [-0.25, -0.2) is 0 Å². The lowest BCUT2D eigenvalue weighted by molar-refractivity contribution is -0.120. The molecule has 2 amide bonds. The summed E-state index contributed by atoms with van der Waals surface area (Å²) in [5.41, 5.74) is 3.62. The highest BCUT2D eigenvalue weighted by Gasteiger charge is 2.37. The first kappa shape index (κ1) is 16.5. The molecule has 2 aromatic carbocycles. The van der Waals surface area contributed by atoms with E-state index in [1.54, 1.807) is 29.2 Å². The first-order valence-corrected chi connectivity index (χ1v) is 8.29. The molecule has 24 heavy (non-hydrogen) atoms. The summed E-state index contributed by atoms with van der Waals surface area (Å²) in [6.45, 7) is 3.97. The van der Waals surface area contributed by atoms with Gasteiger partial charge in [0.15, 0.2) is 0 Å². The summed E-state index contributed by atoms with van der Waals surface area (Å²) in [5, 5.41) is 3.55. The van der Waals surface area contributed by atoms with Crippen LogP contribution in [0.1, 0.15) is 24.0 Å². The second-order valence-electron chi connectivity index (χ2n) is 6.10. The standard InChI is InChI=1S/C19H19ClN2O2/c1-12-3-8-16(13(2)11-12)21-19(24)17-9-10-18(23)22(17)15-6-4-14(20)5-7-15/h3-8,11,17H,9-10H2,1-2H3,(H,21,24). The van der Waals surface area contributed by atoms with Crippen molar-refractivity contribution in [2.45, 2.75) is 32.7 Å². The van der Waals surface area contributed by atoms with Gasteiger partial charge in [-0.3, -0.25) is 14.5 Å². The molecule has 0 radical (unpaired) electrons. The largest absolute Gasteiger partial charge is 0.324 e. The second-order valence-corrected chi connectivity index (χ2v) is 6.54. The van der Waals surface area contributed by atoms with Crippen molar-refractivity contribution in [1.82, 2.24) is 0 Å². The van der Waals surface area contributed by atoms with E-state index in [0.29, 0.717) is 23.6 Å². The van der Waals surface area contributed by atoms with Gasteiger partial charge in [0, 0.05) is 22.8 Å². The van der Waals surface area contributed by atoms with Crippen LogP contribution in [0.15, 0.2) is 42.5 Å². The third kappa shape index (κ3) is 3.29. The Labute approximate surface area is 146 Å². The van der Waals surface area contributed by atoms with E-state index in [4.69, 9.17) is 11.6 Å². The lowest BCUT2D eigenvalue weighted by Crippen LogP contribution is -2.41. The highest BCUT2D eigenvalue weighted by molar-refractivity contribution is 6.30. The van der Waals surface area contributed by atoms with Gasteiger partial charge in [0.1, 0.15) is 6.04 Å². The third-order valence-electron chi connectivity index (χ3n) is 4.26. The Kier molecular flexibility index (Phi) is 4.58. The van der Waals surface area contributed by atoms with E-state index in [9.17, 15) is 9.59 Å². The summed E-state index contributed by atoms with van der Waals surface area (Å²) in [4.78, 5) is 26.5. The number of nitrogens with one attached hydrogen (secondary N) is 1. The molecule has 124 valence electrons. The summed E-state index contributed by atoms with van der Waals surface area (Å²) in [7, 11) is 0. The molecule has 5 heteroatoms. The third-order valence-corrected chi connectivity index (χ3v) is 4.51. The fourth-order valence-electron chi connectivity index (χ4n) is 3.03. The number of amides is 2. The Bertz CT molecular complexity index is 786. The van der Waals surface area contributed by atoms with Gasteiger partial charge in [0.2, 0.25) is 11.8 Å². The van der Waals surface area contributed by atoms with E-state index in [2.05, 4.69) is 5.32 Å². The van der Waals surface area contributed by atoms with E-state index in [0.717, 1.165) is 16.8 Å². The van der Waals surface area contributed by atoms with Crippen LogP contribution in [0.4, 0.5) is 11.4 Å². The maximum absolute atomic E-state index is 12.7. The molecule has 2 aromatic rings. The maximum atomic E-state index is 12.7. The van der Waals surface area contributed by atoms with Gasteiger partial charge in [-0.15, -0.1) is 0 Å². The Morgan fingerprint density at radius 1 is 1.17 bits per heavy atom. The molecule has 0 aliphatic carbocycles. The van der Waals surface area contributed by atoms with Gasteiger partial charge in [0.05, 0.1) is 0 Å². The zero-order valence-corrected chi connectivity index (χ0v) is 14.4. The van der Waals surface area contributed by atoms with Crippen molar-refractivity contribution in [2.24, 2.45) is 0 Å². The number of rotatable bonds is 3. The normalized spacial score (nSPS) is 17.2. The van der Waals surface area contributed by atoms with E-state index in [1.165, 1.54) is 0 Å². The Hall–Kier alpha value is -2.33. The van der Waals surface area contributed by atoms with Crippen LogP contribution in [-0.2, 0) is 9.59 Å². The Morgan fingerprint density at radius 3 is 2.54 bits per heavy atom. The lowest BCUT2D eigenvalue weighted by Gasteiger charge is -2.24. The number of nitrogens with zero attached hydrogens (tertiary/aromatic N) is 1. The predicted molar refractivity (Wildman–Crippen MR) is 96.5 cm³/mol. The van der Waals surface area contributed by atoms with Crippen molar-refractivity contribution < 1.29 is 9.59 Å². The van der Waals surface area contributed by atoms with Gasteiger partial charge < -0.3 is 5.32 Å². The summed E-state index contributed by atoms with van der Waals surface area (Å²) in [5.74, 6) is -0.208. The van der Waals surface area contributed by atoms with Crippen LogP contribution in [0, 0.1) is 13.8 Å². The molecule has 1 saturated heterocycles. The fourth-order valence-corrected chi connectivity index (χ4v) is 3.15. The van der Waals surface area contributed by atoms with Gasteiger partial charge >= 0.3 is 0 Å². The van der Waals surface area contributed by atoms with E-state index < -0.39 is 6.04 Å². The van der Waals surface area contributed by atoms with Gasteiger partial charge in [-0.1, -0.05) is 29.3 Å². The summed E-state index contributed by atoms with van der Waals surface area (Å²) in [6, 6.07) is 12.4. The minimum absolute atomic E-state index is 0.0434. The zero-order valence-electron chi connectivity index (χ0n) is 13.7. The molecule has 4 nitrogen and oxygen atoms in total. The number of aryl methyl sites for hydroxylation is 2. The number of benzene rings is 2. The van der Waals surface area contributed by atoms with Crippen molar-refractivity contribution in [3.63, 3.8) is 0 Å². The number of hydrogen-bond donors (Lipinski definition) is 1. The number of hydrogen-bond acceptors (Lipinski definition) is 2. The smallest absolute Gasteiger partial charge is 0.247 e. The Balaban J connectivity index is 1.82. The van der Waals surface area contributed by atoms with Crippen LogP contribution in [0.5, 0.6) is 0 Å². The highest BCUT2D eigenvalue weighted by Crippen LogP contribution is 2.29. The first-order valence-electron chi connectivity index (χ1n) is 7.91. The monoisotopic (exact) mass is 342 g/mol. The quantitative estimate of drug-likeness (QED) is 0.913. The summed E-state index contributed by atoms with van der Waals surface area (Å²) in [6.07, 6.45) is 0.881. The lowest BCUT2D eigenvalue weighted by atomic mass is 10.1. The van der Waals surface area contributed by atoms with Crippen molar-refractivity contribution in [3.05, 3.63) is 58.6 Å². The molecular formula is C19H19ClN2O2. The topological polar surface area (TPSA) is 49.4 Å². The molecule has 0 aromatic heterocycles. The molecule has 0 bridgehead atoms. The molecule has 1 atom stereocenters. The van der Waals surface area contributed by atoms with Crippen LogP contribution in [-0.4, -0.2) is 17.9 Å².